The van der Waals surface area contributed by atoms with Crippen molar-refractivity contribution in [1.29, 1.82) is 0 Å². The molecule has 2 aliphatic heterocycles. The third kappa shape index (κ3) is 4.43. The minimum Gasteiger partial charge on any atom is -0.507 e. The molecule has 4 aromatic rings. The summed E-state index contributed by atoms with van der Waals surface area (Å²) in [6, 6.07) is 7.09. The van der Waals surface area contributed by atoms with Crippen LogP contribution in [-0.2, 0) is 4.74 Å². The summed E-state index contributed by atoms with van der Waals surface area (Å²) in [5, 5.41) is 91.2. The van der Waals surface area contributed by atoms with Gasteiger partial charge in [0.1, 0.15) is 52.6 Å². The third-order valence-electron chi connectivity index (χ3n) is 7.65. The Labute approximate surface area is 241 Å². The Morgan fingerprint density at radius 2 is 1.49 bits per heavy atom. The molecule has 1 fully saturated rings. The maximum atomic E-state index is 14.0. The van der Waals surface area contributed by atoms with Crippen molar-refractivity contribution in [3.05, 3.63) is 57.7 Å². The molecule has 1 aromatic heterocycles. The highest BCUT2D eigenvalue weighted by Gasteiger charge is 2.45. The maximum absolute atomic E-state index is 14.0. The smallest absolute Gasteiger partial charge is 0.239 e. The standard InChI is InChI=1S/C29H26O14/c1-9-11-5-14(33)15(34)6-17(11)40-18-7-16(35)21-23(37)28(43-29-25(39)24(38)22(36)19(8-30)41-29)26(42-27(21)20(9)18)10-2-3-12(31)13(32)4-10/h2-7,9,19,22,24-25,29-36,38-39H,8H2,1H3/t9-,19+,22+,24-,25+,29-/m0/s1. The Morgan fingerprint density at radius 3 is 2.19 bits per heavy atom. The predicted molar refractivity (Wildman–Crippen MR) is 145 cm³/mol. The highest BCUT2D eigenvalue weighted by atomic mass is 16.7. The van der Waals surface area contributed by atoms with Crippen LogP contribution in [0.3, 0.4) is 0 Å². The molecule has 3 heterocycles. The van der Waals surface area contributed by atoms with Gasteiger partial charge >= 0.3 is 0 Å². The number of aromatic hydroxyl groups is 5. The lowest BCUT2D eigenvalue weighted by molar-refractivity contribution is -0.277. The second-order valence-corrected chi connectivity index (χ2v) is 10.3. The van der Waals surface area contributed by atoms with Gasteiger partial charge in [-0.05, 0) is 24.3 Å². The van der Waals surface area contributed by atoms with Crippen molar-refractivity contribution in [3.63, 3.8) is 0 Å². The van der Waals surface area contributed by atoms with Gasteiger partial charge in [0.15, 0.2) is 28.8 Å². The molecule has 3 aromatic carbocycles. The first-order chi connectivity index (χ1) is 20.4. The minimum absolute atomic E-state index is 0.00155. The highest BCUT2D eigenvalue weighted by molar-refractivity contribution is 5.92. The van der Waals surface area contributed by atoms with Crippen molar-refractivity contribution in [2.45, 2.75) is 43.5 Å². The predicted octanol–water partition coefficient (Wildman–Crippen LogP) is 1.42. The van der Waals surface area contributed by atoms with E-state index in [1.165, 1.54) is 18.2 Å². The van der Waals surface area contributed by atoms with Crippen molar-refractivity contribution in [2.24, 2.45) is 0 Å². The lowest BCUT2D eigenvalue weighted by Gasteiger charge is -2.39. The molecule has 0 unspecified atom stereocenters. The second kappa shape index (κ2) is 10.2. The molecule has 0 amide bonds. The number of rotatable bonds is 4. The Bertz CT molecular complexity index is 1810. The Morgan fingerprint density at radius 1 is 0.814 bits per heavy atom. The lowest BCUT2D eigenvalue weighted by Crippen LogP contribution is -2.60. The number of ether oxygens (including phenoxy) is 3. The number of fused-ring (bicyclic) bond motifs is 4. The van der Waals surface area contributed by atoms with E-state index < -0.39 is 83.2 Å². The zero-order valence-corrected chi connectivity index (χ0v) is 22.2. The molecule has 0 bridgehead atoms. The topological polar surface area (TPSA) is 240 Å². The van der Waals surface area contributed by atoms with Crippen molar-refractivity contribution in [1.82, 2.24) is 0 Å². The van der Waals surface area contributed by atoms with Gasteiger partial charge in [-0.3, -0.25) is 4.79 Å². The molecule has 0 saturated carbocycles. The summed E-state index contributed by atoms with van der Waals surface area (Å²) in [6.07, 6.45) is -8.63. The number of phenols is 5. The fourth-order valence-corrected chi connectivity index (χ4v) is 5.34. The lowest BCUT2D eigenvalue weighted by atomic mass is 9.87. The van der Waals surface area contributed by atoms with Crippen LogP contribution in [0.5, 0.6) is 46.0 Å². The average molecular weight is 599 g/mol. The summed E-state index contributed by atoms with van der Waals surface area (Å²) in [7, 11) is 0. The van der Waals surface area contributed by atoms with Crippen LogP contribution in [0.25, 0.3) is 22.3 Å². The van der Waals surface area contributed by atoms with Gasteiger partial charge in [0.05, 0.1) is 6.61 Å². The monoisotopic (exact) mass is 598 g/mol. The van der Waals surface area contributed by atoms with Crippen molar-refractivity contribution in [2.75, 3.05) is 6.61 Å². The summed E-state index contributed by atoms with van der Waals surface area (Å²) in [5.74, 6) is -3.91. The summed E-state index contributed by atoms with van der Waals surface area (Å²) in [5.41, 5.74) is -0.463. The zero-order valence-electron chi connectivity index (χ0n) is 22.2. The normalized spacial score (nSPS) is 24.7. The molecule has 0 aliphatic carbocycles. The van der Waals surface area contributed by atoms with Crippen LogP contribution < -0.4 is 14.9 Å². The van der Waals surface area contributed by atoms with Gasteiger partial charge in [0.25, 0.3) is 0 Å². The van der Waals surface area contributed by atoms with Gasteiger partial charge in [-0.15, -0.1) is 0 Å². The van der Waals surface area contributed by atoms with Gasteiger partial charge in [-0.25, -0.2) is 0 Å². The largest absolute Gasteiger partial charge is 0.507 e. The Hall–Kier alpha value is -4.73. The number of aliphatic hydroxyl groups excluding tert-OH is 4. The van der Waals surface area contributed by atoms with Crippen LogP contribution in [0, 0.1) is 0 Å². The van der Waals surface area contributed by atoms with E-state index in [1.54, 1.807) is 6.92 Å². The Balaban J connectivity index is 1.59. The quantitative estimate of drug-likeness (QED) is 0.151. The molecule has 14 heteroatoms. The van der Waals surface area contributed by atoms with Gasteiger partial charge in [-0.1, -0.05) is 6.92 Å². The molecule has 226 valence electrons. The second-order valence-electron chi connectivity index (χ2n) is 10.3. The summed E-state index contributed by atoms with van der Waals surface area (Å²) in [6.45, 7) is 0.938. The number of hydrogen-bond donors (Lipinski definition) is 9. The molecule has 43 heavy (non-hydrogen) atoms. The van der Waals surface area contributed by atoms with Crippen LogP contribution >= 0.6 is 0 Å². The number of phenolic OH excluding ortho intramolecular Hbond substituents is 5. The van der Waals surface area contributed by atoms with Gasteiger partial charge in [0, 0.05) is 34.7 Å². The Kier molecular flexibility index (Phi) is 6.75. The molecule has 6 atom stereocenters. The molecule has 6 rings (SSSR count). The van der Waals surface area contributed by atoms with Gasteiger partial charge in [-0.2, -0.15) is 0 Å². The van der Waals surface area contributed by atoms with Crippen molar-refractivity contribution >= 4 is 11.0 Å². The minimum atomic E-state index is -1.90. The van der Waals surface area contributed by atoms with E-state index in [1.807, 2.05) is 0 Å². The van der Waals surface area contributed by atoms with E-state index in [4.69, 9.17) is 18.6 Å². The first kappa shape index (κ1) is 28.4. The van der Waals surface area contributed by atoms with Crippen LogP contribution in [0.2, 0.25) is 0 Å². The highest BCUT2D eigenvalue weighted by Crippen LogP contribution is 2.52. The van der Waals surface area contributed by atoms with Crippen LogP contribution in [0.4, 0.5) is 0 Å². The molecule has 1 saturated heterocycles. The fraction of sp³-hybridized carbons (Fsp3) is 0.276. The maximum Gasteiger partial charge on any atom is 0.239 e. The van der Waals surface area contributed by atoms with Gasteiger partial charge in [0.2, 0.25) is 17.5 Å². The first-order valence-electron chi connectivity index (χ1n) is 13.0. The van der Waals surface area contributed by atoms with E-state index >= 15 is 0 Å². The molecular weight excluding hydrogens is 572 g/mol. The summed E-state index contributed by atoms with van der Waals surface area (Å²) in [4.78, 5) is 14.0. The van der Waals surface area contributed by atoms with E-state index in [-0.39, 0.29) is 39.4 Å². The molecule has 2 aliphatic rings. The molecular formula is C29H26O14. The van der Waals surface area contributed by atoms with E-state index in [0.29, 0.717) is 5.56 Å². The zero-order chi connectivity index (χ0) is 30.9. The van der Waals surface area contributed by atoms with E-state index in [2.05, 4.69) is 0 Å². The van der Waals surface area contributed by atoms with Crippen LogP contribution in [0.1, 0.15) is 24.0 Å². The first-order valence-corrected chi connectivity index (χ1v) is 13.0. The molecule has 14 nitrogen and oxygen atoms in total. The van der Waals surface area contributed by atoms with E-state index in [0.717, 1.165) is 18.2 Å². The molecule has 9 N–H and O–H groups in total. The fourth-order valence-electron chi connectivity index (χ4n) is 5.34. The SMILES string of the molecule is C[C@H]1c2cc(O)c(O)cc2Oc2cc(O)c3c(=O)c(O[C@@H]4O[C@H](CO)[C@@H](O)[C@H](O)[C@H]4O)c(-c4ccc(O)c(O)c4)oc3c21. The van der Waals surface area contributed by atoms with Crippen LogP contribution in [-0.4, -0.2) is 83.3 Å². The van der Waals surface area contributed by atoms with Gasteiger partial charge < -0.3 is 64.6 Å². The third-order valence-corrected chi connectivity index (χ3v) is 7.65. The number of hydrogen-bond acceptors (Lipinski definition) is 14. The number of aliphatic hydroxyl groups is 4. The van der Waals surface area contributed by atoms with Crippen LogP contribution in [0.15, 0.2) is 45.6 Å². The average Bonchev–Trinajstić information content (AvgIpc) is 2.96. The number of benzene rings is 3. The summed E-state index contributed by atoms with van der Waals surface area (Å²) < 4.78 is 23.2. The molecule has 0 radical (unpaired) electrons. The van der Waals surface area contributed by atoms with E-state index in [9.17, 15) is 50.8 Å². The van der Waals surface area contributed by atoms with Crippen molar-refractivity contribution in [3.8, 4) is 57.3 Å². The molecule has 0 spiro atoms. The summed E-state index contributed by atoms with van der Waals surface area (Å²) >= 11 is 0. The van der Waals surface area contributed by atoms with Crippen molar-refractivity contribution < 1.29 is 64.6 Å².